The van der Waals surface area contributed by atoms with Crippen molar-refractivity contribution in [1.82, 2.24) is 5.32 Å². The van der Waals surface area contributed by atoms with Gasteiger partial charge in [-0.3, -0.25) is 4.79 Å². The lowest BCUT2D eigenvalue weighted by Crippen LogP contribution is -2.45. The lowest BCUT2D eigenvalue weighted by Gasteiger charge is -2.22. The van der Waals surface area contributed by atoms with Crippen molar-refractivity contribution in [2.45, 2.75) is 270 Å². The SMILES string of the molecule is CC/C=C\C/C=C\C/C=C\C/C=C\CCCCCCCCCCCCCCCCCCCCCCCCCCCCCCC(=O)NC(CO)C(O)CCCCC. The van der Waals surface area contributed by atoms with Crippen LogP contribution in [0.25, 0.3) is 0 Å². The molecule has 1 amide bonds. The predicted molar refractivity (Wildman–Crippen MR) is 248 cm³/mol. The summed E-state index contributed by atoms with van der Waals surface area (Å²) in [7, 11) is 0. The molecule has 328 valence electrons. The van der Waals surface area contributed by atoms with Gasteiger partial charge < -0.3 is 15.5 Å². The normalized spacial score (nSPS) is 13.3. The Morgan fingerprint density at radius 2 is 0.786 bits per heavy atom. The summed E-state index contributed by atoms with van der Waals surface area (Å²) in [6, 6.07) is -0.529. The van der Waals surface area contributed by atoms with Gasteiger partial charge in [-0.15, -0.1) is 0 Å². The fraction of sp³-hybridized carbons (Fsp3) is 0.827. The minimum absolute atomic E-state index is 0.0397. The van der Waals surface area contributed by atoms with Crippen molar-refractivity contribution in [3.05, 3.63) is 48.6 Å². The van der Waals surface area contributed by atoms with Crippen LogP contribution in [0.3, 0.4) is 0 Å². The number of carbonyl (C=O) groups is 1. The minimum Gasteiger partial charge on any atom is -0.394 e. The lowest BCUT2D eigenvalue weighted by molar-refractivity contribution is -0.123. The number of unbranched alkanes of at least 4 members (excludes halogenated alkanes) is 30. The average Bonchev–Trinajstić information content (AvgIpc) is 3.20. The Labute approximate surface area is 350 Å². The van der Waals surface area contributed by atoms with Crippen LogP contribution in [-0.4, -0.2) is 34.9 Å². The Hall–Kier alpha value is -1.65. The summed E-state index contributed by atoms with van der Waals surface area (Å²) in [6.45, 7) is 4.11. The van der Waals surface area contributed by atoms with E-state index in [1.165, 1.54) is 173 Å². The van der Waals surface area contributed by atoms with E-state index in [4.69, 9.17) is 0 Å². The number of allylic oxidation sites excluding steroid dienone is 8. The first-order chi connectivity index (χ1) is 27.7. The molecule has 0 spiro atoms. The molecule has 4 heteroatoms. The fourth-order valence-corrected chi connectivity index (χ4v) is 7.59. The maximum Gasteiger partial charge on any atom is 0.220 e. The van der Waals surface area contributed by atoms with Gasteiger partial charge in [0.25, 0.3) is 0 Å². The molecule has 0 aliphatic carbocycles. The minimum atomic E-state index is -0.653. The van der Waals surface area contributed by atoms with Crippen molar-refractivity contribution in [2.24, 2.45) is 0 Å². The van der Waals surface area contributed by atoms with Crippen molar-refractivity contribution < 1.29 is 15.0 Å². The van der Waals surface area contributed by atoms with Gasteiger partial charge in [-0.2, -0.15) is 0 Å². The largest absolute Gasteiger partial charge is 0.394 e. The van der Waals surface area contributed by atoms with Crippen molar-refractivity contribution >= 4 is 5.91 Å². The Bertz CT molecular complexity index is 893. The number of aliphatic hydroxyl groups excluding tert-OH is 2. The van der Waals surface area contributed by atoms with Crippen molar-refractivity contribution in [3.8, 4) is 0 Å². The third-order valence-electron chi connectivity index (χ3n) is 11.4. The Morgan fingerprint density at radius 3 is 1.14 bits per heavy atom. The summed E-state index contributed by atoms with van der Waals surface area (Å²) in [5, 5.41) is 22.6. The van der Waals surface area contributed by atoms with Gasteiger partial charge in [-0.1, -0.05) is 249 Å². The highest BCUT2D eigenvalue weighted by molar-refractivity contribution is 5.76. The number of nitrogens with one attached hydrogen (secondary N) is 1. The van der Waals surface area contributed by atoms with Crippen LogP contribution >= 0.6 is 0 Å². The molecule has 4 nitrogen and oxygen atoms in total. The molecule has 56 heavy (non-hydrogen) atoms. The molecule has 0 aliphatic heterocycles. The van der Waals surface area contributed by atoms with Gasteiger partial charge >= 0.3 is 0 Å². The number of carbonyl (C=O) groups excluding carboxylic acids is 1. The third-order valence-corrected chi connectivity index (χ3v) is 11.4. The van der Waals surface area contributed by atoms with Crippen molar-refractivity contribution in [1.29, 1.82) is 0 Å². The van der Waals surface area contributed by atoms with Crippen LogP contribution in [0.2, 0.25) is 0 Å². The van der Waals surface area contributed by atoms with Crippen LogP contribution in [0.1, 0.15) is 258 Å². The van der Waals surface area contributed by atoms with Gasteiger partial charge in [0.1, 0.15) is 0 Å². The topological polar surface area (TPSA) is 69.6 Å². The maximum atomic E-state index is 12.2. The maximum absolute atomic E-state index is 12.2. The smallest absolute Gasteiger partial charge is 0.220 e. The quantitative estimate of drug-likeness (QED) is 0.0425. The highest BCUT2D eigenvalue weighted by atomic mass is 16.3. The van der Waals surface area contributed by atoms with E-state index in [0.717, 1.165) is 57.8 Å². The van der Waals surface area contributed by atoms with E-state index in [2.05, 4.69) is 67.8 Å². The molecule has 0 bridgehead atoms. The highest BCUT2D eigenvalue weighted by Gasteiger charge is 2.19. The molecule has 0 aromatic carbocycles. The van der Waals surface area contributed by atoms with Gasteiger partial charge in [0.15, 0.2) is 0 Å². The molecular formula is C52H97NO3. The van der Waals surface area contributed by atoms with Crippen LogP contribution in [0.4, 0.5) is 0 Å². The van der Waals surface area contributed by atoms with E-state index in [9.17, 15) is 15.0 Å². The molecule has 0 saturated carbocycles. The molecular weight excluding hydrogens is 687 g/mol. The summed E-state index contributed by atoms with van der Waals surface area (Å²) in [5.74, 6) is -0.0397. The number of hydrogen-bond donors (Lipinski definition) is 3. The van der Waals surface area contributed by atoms with E-state index >= 15 is 0 Å². The second-order valence-corrected chi connectivity index (χ2v) is 16.9. The molecule has 0 aromatic heterocycles. The zero-order valence-electron chi connectivity index (χ0n) is 37.7. The summed E-state index contributed by atoms with van der Waals surface area (Å²) in [5.41, 5.74) is 0. The van der Waals surface area contributed by atoms with Gasteiger partial charge in [0, 0.05) is 6.42 Å². The first kappa shape index (κ1) is 54.3. The summed E-state index contributed by atoms with van der Waals surface area (Å²) >= 11 is 0. The monoisotopic (exact) mass is 784 g/mol. The molecule has 0 aliphatic rings. The molecule has 0 rings (SSSR count). The van der Waals surface area contributed by atoms with Crippen molar-refractivity contribution in [3.63, 3.8) is 0 Å². The number of rotatable bonds is 45. The molecule has 2 unspecified atom stereocenters. The Kier molecular flexibility index (Phi) is 46.3. The van der Waals surface area contributed by atoms with E-state index in [0.29, 0.717) is 12.8 Å². The standard InChI is InChI=1S/C52H97NO3/c1-3-5-7-8-9-10-11-12-13-14-15-16-17-18-19-20-21-22-23-24-25-26-27-28-29-30-31-32-33-34-35-36-37-38-39-40-41-42-43-44-46-48-52(56)53-50(49-54)51(55)47-45-6-4-2/h5,7,9-10,12-13,15-16,50-51,54-55H,3-4,6,8,11,14,17-49H2,1-2H3,(H,53,56)/b7-5-,10-9-,13-12-,16-15-. The first-order valence-electron chi connectivity index (χ1n) is 24.8. The Morgan fingerprint density at radius 1 is 0.446 bits per heavy atom. The van der Waals surface area contributed by atoms with Gasteiger partial charge in [-0.25, -0.2) is 0 Å². The molecule has 0 radical (unpaired) electrons. The van der Waals surface area contributed by atoms with Gasteiger partial charge in [0.2, 0.25) is 5.91 Å². The van der Waals surface area contributed by atoms with Gasteiger partial charge in [0.05, 0.1) is 18.8 Å². The lowest BCUT2D eigenvalue weighted by atomic mass is 10.0. The number of amides is 1. The highest BCUT2D eigenvalue weighted by Crippen LogP contribution is 2.17. The average molecular weight is 784 g/mol. The van der Waals surface area contributed by atoms with Crippen LogP contribution in [0.15, 0.2) is 48.6 Å². The summed E-state index contributed by atoms with van der Waals surface area (Å²) in [6.07, 6.45) is 66.0. The van der Waals surface area contributed by atoms with E-state index in [-0.39, 0.29) is 12.5 Å². The molecule has 3 N–H and O–H groups in total. The zero-order valence-corrected chi connectivity index (χ0v) is 37.7. The second-order valence-electron chi connectivity index (χ2n) is 16.9. The first-order valence-corrected chi connectivity index (χ1v) is 24.8. The van der Waals surface area contributed by atoms with Crippen LogP contribution < -0.4 is 5.32 Å². The Balaban J connectivity index is 3.26. The van der Waals surface area contributed by atoms with Crippen LogP contribution in [0.5, 0.6) is 0 Å². The summed E-state index contributed by atoms with van der Waals surface area (Å²) < 4.78 is 0. The van der Waals surface area contributed by atoms with Crippen LogP contribution in [0, 0.1) is 0 Å². The summed E-state index contributed by atoms with van der Waals surface area (Å²) in [4.78, 5) is 12.2. The van der Waals surface area contributed by atoms with E-state index in [1.807, 2.05) is 0 Å². The third kappa shape index (κ3) is 43.5. The second kappa shape index (κ2) is 47.7. The molecule has 0 saturated heterocycles. The zero-order chi connectivity index (χ0) is 40.7. The molecule has 2 atom stereocenters. The fourth-order valence-electron chi connectivity index (χ4n) is 7.59. The number of aliphatic hydroxyl groups is 2. The van der Waals surface area contributed by atoms with Crippen molar-refractivity contribution in [2.75, 3.05) is 6.61 Å². The van der Waals surface area contributed by atoms with Crippen LogP contribution in [-0.2, 0) is 4.79 Å². The van der Waals surface area contributed by atoms with Gasteiger partial charge in [-0.05, 0) is 51.4 Å². The number of hydrogen-bond acceptors (Lipinski definition) is 3. The molecule has 0 fully saturated rings. The molecule has 0 aromatic rings. The van der Waals surface area contributed by atoms with E-state index in [1.54, 1.807) is 0 Å². The van der Waals surface area contributed by atoms with E-state index < -0.39 is 12.1 Å². The predicted octanol–water partition coefficient (Wildman–Crippen LogP) is 15.9. The molecule has 0 heterocycles.